The fourth-order valence-electron chi connectivity index (χ4n) is 8.55. The Bertz CT molecular complexity index is 2390. The van der Waals surface area contributed by atoms with Crippen molar-refractivity contribution >= 4 is 27.7 Å². The van der Waals surface area contributed by atoms with Gasteiger partial charge in [-0.2, -0.15) is 9.46 Å². The molecule has 0 radical (unpaired) electrons. The fraction of sp³-hybridized carbons (Fsp3) is 0.356. The lowest BCUT2D eigenvalue weighted by molar-refractivity contribution is 0.0101. The summed E-state index contributed by atoms with van der Waals surface area (Å²) in [5.41, 5.74) is 3.30. The number of nitrogens with zero attached hydrogens (tertiary/aromatic N) is 4. The molecular formula is C45H48F2N6O5S. The highest BCUT2D eigenvalue weighted by molar-refractivity contribution is 7.92. The number of aryl methyl sites for hydroxylation is 2. The number of amides is 3. The van der Waals surface area contributed by atoms with E-state index in [1.165, 1.54) is 15.8 Å². The number of aromatic nitrogens is 2. The number of halogens is 2. The smallest absolute Gasteiger partial charge is 0.410 e. The van der Waals surface area contributed by atoms with Crippen LogP contribution in [0.1, 0.15) is 78.5 Å². The molecule has 3 amide bonds. The summed E-state index contributed by atoms with van der Waals surface area (Å²) in [4.78, 5) is 29.1. The third-order valence-electron chi connectivity index (χ3n) is 11.3. The van der Waals surface area contributed by atoms with E-state index in [4.69, 9.17) is 13.8 Å². The molecule has 0 saturated carbocycles. The van der Waals surface area contributed by atoms with Gasteiger partial charge in [0.2, 0.25) is 12.3 Å². The van der Waals surface area contributed by atoms with Crippen molar-refractivity contribution < 1.29 is 32.1 Å². The van der Waals surface area contributed by atoms with Gasteiger partial charge >= 0.3 is 12.1 Å². The highest BCUT2D eigenvalue weighted by Gasteiger charge is 2.42. The van der Waals surface area contributed by atoms with Gasteiger partial charge in [-0.05, 0) is 91.8 Å². The van der Waals surface area contributed by atoms with Crippen molar-refractivity contribution in [2.24, 2.45) is 4.36 Å². The van der Waals surface area contributed by atoms with Gasteiger partial charge in [0.1, 0.15) is 22.6 Å². The highest BCUT2D eigenvalue weighted by Crippen LogP contribution is 2.47. The average molecular weight is 823 g/mol. The third-order valence-corrected chi connectivity index (χ3v) is 13.2. The number of ether oxygens (including phenoxy) is 2. The van der Waals surface area contributed by atoms with Gasteiger partial charge in [-0.1, -0.05) is 97.1 Å². The summed E-state index contributed by atoms with van der Waals surface area (Å²) in [6.45, 7) is 5.54. The number of alkyl halides is 2. The molecule has 1 aromatic heterocycles. The predicted molar refractivity (Wildman–Crippen MR) is 221 cm³/mol. The zero-order chi connectivity index (χ0) is 41.5. The summed E-state index contributed by atoms with van der Waals surface area (Å²) < 4.78 is 66.8. The number of carbonyl (C=O) groups excluding carboxylic acids is 2. The van der Waals surface area contributed by atoms with E-state index in [1.807, 2.05) is 97.1 Å². The van der Waals surface area contributed by atoms with Gasteiger partial charge in [-0.3, -0.25) is 0 Å². The molecule has 1 unspecified atom stereocenters. The minimum Gasteiger partial charge on any atom is -0.475 e. The van der Waals surface area contributed by atoms with E-state index in [1.54, 1.807) is 27.8 Å². The van der Waals surface area contributed by atoms with E-state index in [0.717, 1.165) is 29.5 Å². The first-order chi connectivity index (χ1) is 28.3. The molecule has 0 bridgehead atoms. The second-order valence-electron chi connectivity index (χ2n) is 16.3. The van der Waals surface area contributed by atoms with E-state index in [2.05, 4.69) is 15.1 Å². The van der Waals surface area contributed by atoms with Crippen LogP contribution >= 0.6 is 0 Å². The summed E-state index contributed by atoms with van der Waals surface area (Å²) >= 11 is 0. The number of hydrogen-bond donors (Lipinski definition) is 2. The summed E-state index contributed by atoms with van der Waals surface area (Å²) in [6.07, 6.45) is 1.21. The molecule has 308 valence electrons. The van der Waals surface area contributed by atoms with Gasteiger partial charge in [0.15, 0.2) is 9.92 Å². The molecular weight excluding hydrogens is 775 g/mol. The number of benzene rings is 4. The van der Waals surface area contributed by atoms with Crippen molar-refractivity contribution in [3.05, 3.63) is 142 Å². The van der Waals surface area contributed by atoms with Gasteiger partial charge in [-0.25, -0.2) is 32.0 Å². The fourth-order valence-corrected chi connectivity index (χ4v) is 10.4. The minimum absolute atomic E-state index is 0.00664. The van der Waals surface area contributed by atoms with Crippen LogP contribution in [0.15, 0.2) is 113 Å². The topological polar surface area (TPSA) is 127 Å². The monoisotopic (exact) mass is 822 g/mol. The van der Waals surface area contributed by atoms with Crippen LogP contribution in [0.25, 0.3) is 0 Å². The van der Waals surface area contributed by atoms with Crippen molar-refractivity contribution in [1.82, 2.24) is 19.4 Å². The highest BCUT2D eigenvalue weighted by atomic mass is 32.2. The number of likely N-dealkylation sites (N-methyl/N-ethyl adjacent to an activating group) is 1. The summed E-state index contributed by atoms with van der Waals surface area (Å²) in [6, 6.07) is 28.9. The number of urea groups is 1. The van der Waals surface area contributed by atoms with Crippen molar-refractivity contribution in [1.29, 1.82) is 0 Å². The molecule has 2 aliphatic carbocycles. The third kappa shape index (κ3) is 7.66. The zero-order valence-corrected chi connectivity index (χ0v) is 34.3. The molecule has 0 saturated heterocycles. The summed E-state index contributed by atoms with van der Waals surface area (Å²) in [5, 5.41) is 7.51. The first-order valence-corrected chi connectivity index (χ1v) is 21.4. The number of rotatable bonds is 9. The Balaban J connectivity index is 1.29. The molecule has 0 fully saturated rings. The molecule has 8 rings (SSSR count). The molecule has 2 N–H and O–H groups in total. The van der Waals surface area contributed by atoms with E-state index in [-0.39, 0.29) is 30.3 Å². The molecule has 1 aliphatic heterocycles. The molecule has 2 heterocycles. The van der Waals surface area contributed by atoms with Crippen LogP contribution in [0.4, 0.5) is 24.1 Å². The molecule has 3 aliphatic rings. The quantitative estimate of drug-likeness (QED) is 0.143. The van der Waals surface area contributed by atoms with Crippen LogP contribution in [0.5, 0.6) is 5.88 Å². The normalized spacial score (nSPS) is 18.2. The minimum atomic E-state index is -4.12. The number of hydrogen-bond acceptors (Lipinski definition) is 7. The van der Waals surface area contributed by atoms with Crippen LogP contribution in [0.2, 0.25) is 0 Å². The zero-order valence-electron chi connectivity index (χ0n) is 33.5. The summed E-state index contributed by atoms with van der Waals surface area (Å²) in [7, 11) is -2.51. The molecule has 0 spiro atoms. The summed E-state index contributed by atoms with van der Waals surface area (Å²) in [5.74, 6) is -0.930. The largest absolute Gasteiger partial charge is 0.475 e. The van der Waals surface area contributed by atoms with Crippen LogP contribution in [0.3, 0.4) is 0 Å². The van der Waals surface area contributed by atoms with E-state index < -0.39 is 51.6 Å². The molecule has 59 heavy (non-hydrogen) atoms. The second-order valence-corrected chi connectivity index (χ2v) is 18.2. The number of carbonyl (C=O) groups is 2. The Morgan fingerprint density at radius 1 is 0.932 bits per heavy atom. The SMILES string of the molecule is CN(C(=O)OC(C)(C)C)[C@@H]1COc2c(S(=O)(=NC(c3ccccc3)(c3ccccc3)c3ccccc3)NC(=O)Nc3c4c(cc5c3[C@@H](C(F)F)CC5)CCC4)cnn2C1. The van der Waals surface area contributed by atoms with Crippen LogP contribution in [-0.2, 0) is 46.0 Å². The standard InChI is InChI=1S/C45H48F2N6O5S/c1-44(2,3)58-43(55)52(4)34-27-53-41(57-28-34)37(26-48-53)59(56,50-42(54)49-39-35-22-14-15-29(35)25-30-23-24-36(38(30)39)40(46)47)51-45(31-16-8-5-9-17-31,32-18-10-6-11-19-32)33-20-12-7-13-21-33/h5-13,16-21,25-26,34,36,40H,14-15,22-24,27-28H2,1-4H3,(H2,49,50,51,54,56)/t34-,36-,59?/m0/s1. The van der Waals surface area contributed by atoms with Crippen molar-refractivity contribution in [2.75, 3.05) is 19.0 Å². The maximum Gasteiger partial charge on any atom is 0.410 e. The number of fused-ring (bicyclic) bond motifs is 3. The van der Waals surface area contributed by atoms with Gasteiger partial charge < -0.3 is 19.7 Å². The molecule has 5 aromatic rings. The Labute approximate surface area is 343 Å². The Hall–Kier alpha value is -5.76. The van der Waals surface area contributed by atoms with E-state index >= 15 is 4.21 Å². The maximum atomic E-state index is 16.3. The maximum absolute atomic E-state index is 16.3. The van der Waals surface area contributed by atoms with Gasteiger partial charge in [-0.15, -0.1) is 0 Å². The van der Waals surface area contributed by atoms with Crippen LogP contribution in [-0.4, -0.2) is 62.7 Å². The number of anilines is 1. The molecule has 4 aromatic carbocycles. The lowest BCUT2D eigenvalue weighted by Gasteiger charge is -2.34. The van der Waals surface area contributed by atoms with E-state index in [9.17, 15) is 18.4 Å². The van der Waals surface area contributed by atoms with E-state index in [0.29, 0.717) is 40.8 Å². The van der Waals surface area contributed by atoms with Crippen molar-refractivity contribution in [3.63, 3.8) is 0 Å². The second kappa shape index (κ2) is 15.8. The lowest BCUT2D eigenvalue weighted by Crippen LogP contribution is -2.48. The Morgan fingerprint density at radius 3 is 2.12 bits per heavy atom. The van der Waals surface area contributed by atoms with Crippen LogP contribution < -0.4 is 14.8 Å². The Morgan fingerprint density at radius 2 is 1.54 bits per heavy atom. The number of nitrogens with one attached hydrogen (secondary N) is 2. The van der Waals surface area contributed by atoms with Gasteiger partial charge in [0.05, 0.1) is 18.8 Å². The first-order valence-electron chi connectivity index (χ1n) is 19.9. The average Bonchev–Trinajstić information content (AvgIpc) is 3.99. The molecule has 14 heteroatoms. The molecule has 11 nitrogen and oxygen atoms in total. The van der Waals surface area contributed by atoms with Crippen LogP contribution in [0, 0.1) is 0 Å². The first kappa shape index (κ1) is 40.0. The van der Waals surface area contributed by atoms with Gasteiger partial charge in [0, 0.05) is 18.7 Å². The Kier molecular flexibility index (Phi) is 10.7. The predicted octanol–water partition coefficient (Wildman–Crippen LogP) is 8.85. The molecule has 3 atom stereocenters. The van der Waals surface area contributed by atoms with Crippen molar-refractivity contribution in [3.8, 4) is 5.88 Å². The van der Waals surface area contributed by atoms with Gasteiger partial charge in [0.25, 0.3) is 0 Å². The lowest BCUT2D eigenvalue weighted by atomic mass is 9.78. The van der Waals surface area contributed by atoms with Crippen molar-refractivity contribution in [2.45, 2.75) is 93.8 Å².